The molecular weight excluding hydrogens is 374 g/mol. The third-order valence-electron chi connectivity index (χ3n) is 4.06. The van der Waals surface area contributed by atoms with Crippen molar-refractivity contribution in [1.29, 1.82) is 0 Å². The van der Waals surface area contributed by atoms with Gasteiger partial charge in [-0.15, -0.1) is 5.10 Å². The maximum atomic E-state index is 5.91. The number of para-hydroxylation sites is 1. The van der Waals surface area contributed by atoms with Crippen molar-refractivity contribution in [3.63, 3.8) is 0 Å². The zero-order valence-corrected chi connectivity index (χ0v) is 15.9. The number of hydrogen-bond donors (Lipinski definition) is 1. The molecule has 1 N–H and O–H groups in total. The molecule has 0 unspecified atom stereocenters. The Morgan fingerprint density at radius 1 is 1.00 bits per heavy atom. The fourth-order valence-electron chi connectivity index (χ4n) is 2.61. The summed E-state index contributed by atoms with van der Waals surface area (Å²) in [6, 6.07) is 15.3. The molecule has 0 spiro atoms. The third kappa shape index (κ3) is 4.13. The maximum Gasteiger partial charge on any atom is 0.346 e. The van der Waals surface area contributed by atoms with Gasteiger partial charge < -0.3 is 14.8 Å². The van der Waals surface area contributed by atoms with Gasteiger partial charge in [0.15, 0.2) is 11.5 Å². The Hall–Kier alpha value is -4.02. The SMILES string of the molecule is CCn1nnc(NCc2ccc(Oc3nnnn3-c3ccccc3)c(OC)c2)n1. The predicted molar refractivity (Wildman–Crippen MR) is 103 cm³/mol. The molecule has 0 atom stereocenters. The fraction of sp³-hybridized carbons (Fsp3) is 0.222. The van der Waals surface area contributed by atoms with Gasteiger partial charge in [0.25, 0.3) is 5.95 Å². The number of aryl methyl sites for hydroxylation is 1. The first kappa shape index (κ1) is 18.3. The largest absolute Gasteiger partial charge is 0.493 e. The van der Waals surface area contributed by atoms with Crippen molar-refractivity contribution in [3.8, 4) is 23.2 Å². The summed E-state index contributed by atoms with van der Waals surface area (Å²) in [7, 11) is 1.58. The van der Waals surface area contributed by atoms with Gasteiger partial charge in [-0.3, -0.25) is 0 Å². The second-order valence-corrected chi connectivity index (χ2v) is 5.95. The van der Waals surface area contributed by atoms with Gasteiger partial charge in [0.1, 0.15) is 0 Å². The molecule has 2 aromatic heterocycles. The summed E-state index contributed by atoms with van der Waals surface area (Å²) in [5, 5.41) is 26.8. The molecule has 11 heteroatoms. The fourth-order valence-corrected chi connectivity index (χ4v) is 2.61. The first-order valence-corrected chi connectivity index (χ1v) is 8.97. The highest BCUT2D eigenvalue weighted by molar-refractivity contribution is 5.45. The summed E-state index contributed by atoms with van der Waals surface area (Å²) in [6.07, 6.45) is 0. The number of aromatic nitrogens is 8. The molecule has 148 valence electrons. The van der Waals surface area contributed by atoms with Gasteiger partial charge in [0.2, 0.25) is 0 Å². The highest BCUT2D eigenvalue weighted by Gasteiger charge is 2.14. The number of methoxy groups -OCH3 is 1. The van der Waals surface area contributed by atoms with Gasteiger partial charge in [0, 0.05) is 6.54 Å². The van der Waals surface area contributed by atoms with Crippen molar-refractivity contribution in [1.82, 2.24) is 40.4 Å². The van der Waals surface area contributed by atoms with Gasteiger partial charge >= 0.3 is 6.01 Å². The number of nitrogens with one attached hydrogen (secondary N) is 1. The van der Waals surface area contributed by atoms with E-state index in [0.29, 0.717) is 30.5 Å². The van der Waals surface area contributed by atoms with Crippen LogP contribution in [-0.2, 0) is 13.1 Å². The lowest BCUT2D eigenvalue weighted by Gasteiger charge is -2.11. The minimum Gasteiger partial charge on any atom is -0.493 e. The van der Waals surface area contributed by atoms with E-state index < -0.39 is 0 Å². The molecule has 0 bridgehead atoms. The highest BCUT2D eigenvalue weighted by Crippen LogP contribution is 2.32. The average Bonchev–Trinajstić information content (AvgIpc) is 3.43. The van der Waals surface area contributed by atoms with E-state index in [1.165, 1.54) is 9.48 Å². The normalized spacial score (nSPS) is 10.7. The van der Waals surface area contributed by atoms with E-state index in [0.717, 1.165) is 11.3 Å². The van der Waals surface area contributed by atoms with Crippen LogP contribution in [0.3, 0.4) is 0 Å². The van der Waals surface area contributed by atoms with Crippen LogP contribution in [-0.4, -0.2) is 47.5 Å². The van der Waals surface area contributed by atoms with Crippen molar-refractivity contribution in [2.24, 2.45) is 0 Å². The molecule has 0 radical (unpaired) electrons. The van der Waals surface area contributed by atoms with E-state index in [-0.39, 0.29) is 6.01 Å². The molecule has 0 saturated carbocycles. The molecule has 0 saturated heterocycles. The van der Waals surface area contributed by atoms with E-state index in [1.54, 1.807) is 13.2 Å². The van der Waals surface area contributed by atoms with Crippen molar-refractivity contribution in [2.75, 3.05) is 12.4 Å². The van der Waals surface area contributed by atoms with Crippen LogP contribution in [0.2, 0.25) is 0 Å². The molecule has 11 nitrogen and oxygen atoms in total. The number of anilines is 1. The minimum absolute atomic E-state index is 0.237. The van der Waals surface area contributed by atoms with E-state index in [1.807, 2.05) is 49.4 Å². The smallest absolute Gasteiger partial charge is 0.346 e. The lowest BCUT2D eigenvalue weighted by molar-refractivity contribution is 0.363. The van der Waals surface area contributed by atoms with Gasteiger partial charge in [0.05, 0.1) is 19.3 Å². The number of tetrazole rings is 2. The zero-order valence-electron chi connectivity index (χ0n) is 15.9. The van der Waals surface area contributed by atoms with Crippen molar-refractivity contribution in [2.45, 2.75) is 20.0 Å². The Balaban J connectivity index is 1.50. The van der Waals surface area contributed by atoms with Crippen LogP contribution in [0.15, 0.2) is 48.5 Å². The molecule has 29 heavy (non-hydrogen) atoms. The highest BCUT2D eigenvalue weighted by atomic mass is 16.5. The Morgan fingerprint density at radius 3 is 2.62 bits per heavy atom. The number of hydrogen-bond acceptors (Lipinski definition) is 9. The topological polar surface area (TPSA) is 118 Å². The van der Waals surface area contributed by atoms with Crippen molar-refractivity contribution >= 4 is 5.95 Å². The summed E-state index contributed by atoms with van der Waals surface area (Å²) in [5.41, 5.74) is 1.75. The van der Waals surface area contributed by atoms with Crippen LogP contribution in [0.25, 0.3) is 5.69 Å². The van der Waals surface area contributed by atoms with Crippen LogP contribution in [0.1, 0.15) is 12.5 Å². The molecule has 4 aromatic rings. The third-order valence-corrected chi connectivity index (χ3v) is 4.06. The Bertz CT molecular complexity index is 1080. The summed E-state index contributed by atoms with van der Waals surface area (Å²) < 4.78 is 12.9. The number of rotatable bonds is 8. The lowest BCUT2D eigenvalue weighted by Crippen LogP contribution is -2.04. The first-order chi connectivity index (χ1) is 14.3. The van der Waals surface area contributed by atoms with Crippen LogP contribution in [0, 0.1) is 0 Å². The van der Waals surface area contributed by atoms with Crippen LogP contribution in [0.4, 0.5) is 5.95 Å². The quantitative estimate of drug-likeness (QED) is 0.480. The summed E-state index contributed by atoms with van der Waals surface area (Å²) in [4.78, 5) is 1.51. The molecule has 2 heterocycles. The standard InChI is InChI=1S/C18H19N9O2/c1-3-26-22-17(20-24-26)19-12-13-9-10-15(16(11-13)28-2)29-18-21-23-25-27(18)14-7-5-4-6-8-14/h4-11H,3,12H2,1-2H3,(H,19,22). The molecule has 2 aromatic carbocycles. The van der Waals surface area contributed by atoms with Gasteiger partial charge in [-0.1, -0.05) is 34.5 Å². The monoisotopic (exact) mass is 393 g/mol. The lowest BCUT2D eigenvalue weighted by atomic mass is 10.2. The first-order valence-electron chi connectivity index (χ1n) is 8.97. The van der Waals surface area contributed by atoms with Crippen LogP contribution < -0.4 is 14.8 Å². The second-order valence-electron chi connectivity index (χ2n) is 5.95. The molecule has 0 fully saturated rings. The molecule has 4 rings (SSSR count). The molecule has 0 aliphatic rings. The minimum atomic E-state index is 0.237. The Morgan fingerprint density at radius 2 is 1.86 bits per heavy atom. The van der Waals surface area contributed by atoms with E-state index in [2.05, 4.69) is 36.3 Å². The van der Waals surface area contributed by atoms with Crippen molar-refractivity contribution < 1.29 is 9.47 Å². The van der Waals surface area contributed by atoms with Gasteiger partial charge in [-0.05, 0) is 52.4 Å². The Labute approximate surface area is 166 Å². The number of nitrogens with zero attached hydrogens (tertiary/aromatic N) is 8. The summed E-state index contributed by atoms with van der Waals surface area (Å²) in [5.74, 6) is 1.52. The van der Waals surface area contributed by atoms with Crippen molar-refractivity contribution in [3.05, 3.63) is 54.1 Å². The molecule has 0 aliphatic carbocycles. The summed E-state index contributed by atoms with van der Waals surface area (Å²) in [6.45, 7) is 3.12. The maximum absolute atomic E-state index is 5.91. The molecule has 0 aliphatic heterocycles. The number of ether oxygens (including phenoxy) is 2. The second kappa shape index (κ2) is 8.33. The molecular formula is C18H19N9O2. The Kier molecular flexibility index (Phi) is 5.27. The van der Waals surface area contributed by atoms with Crippen LogP contribution >= 0.6 is 0 Å². The summed E-state index contributed by atoms with van der Waals surface area (Å²) >= 11 is 0. The van der Waals surface area contributed by atoms with E-state index in [9.17, 15) is 0 Å². The predicted octanol–water partition coefficient (Wildman–Crippen LogP) is 2.08. The zero-order chi connectivity index (χ0) is 20.1. The van der Waals surface area contributed by atoms with E-state index >= 15 is 0 Å². The van der Waals surface area contributed by atoms with Gasteiger partial charge in [-0.25, -0.2) is 0 Å². The average molecular weight is 393 g/mol. The number of benzene rings is 2. The van der Waals surface area contributed by atoms with E-state index in [4.69, 9.17) is 9.47 Å². The van der Waals surface area contributed by atoms with Gasteiger partial charge in [-0.2, -0.15) is 9.48 Å². The van der Waals surface area contributed by atoms with Crippen LogP contribution in [0.5, 0.6) is 17.5 Å². The molecule has 0 amide bonds.